The van der Waals surface area contributed by atoms with Gasteiger partial charge < -0.3 is 11.1 Å². The number of fused-ring (bicyclic) bond motifs is 1. The molecule has 1 fully saturated rings. The lowest BCUT2D eigenvalue weighted by Gasteiger charge is -2.23. The Hall–Kier alpha value is -2.89. The third-order valence-electron chi connectivity index (χ3n) is 5.39. The summed E-state index contributed by atoms with van der Waals surface area (Å²) in [5.74, 6) is 0.540. The number of rotatable bonds is 6. The first-order chi connectivity index (χ1) is 13.2. The van der Waals surface area contributed by atoms with Crippen LogP contribution < -0.4 is 11.1 Å². The van der Waals surface area contributed by atoms with E-state index in [9.17, 15) is 4.79 Å². The van der Waals surface area contributed by atoms with Crippen molar-refractivity contribution < 1.29 is 4.79 Å². The Morgan fingerprint density at radius 3 is 2.63 bits per heavy atom. The van der Waals surface area contributed by atoms with Crippen molar-refractivity contribution in [1.82, 2.24) is 15.2 Å². The van der Waals surface area contributed by atoms with Crippen LogP contribution in [0.15, 0.2) is 36.5 Å². The Balaban J connectivity index is 1.52. The Morgan fingerprint density at radius 1 is 1.11 bits per heavy atom. The molecule has 1 saturated carbocycles. The summed E-state index contributed by atoms with van der Waals surface area (Å²) in [7, 11) is 0. The highest BCUT2D eigenvalue weighted by Crippen LogP contribution is 2.27. The van der Waals surface area contributed by atoms with Gasteiger partial charge in [-0.25, -0.2) is 4.98 Å². The highest BCUT2D eigenvalue weighted by molar-refractivity contribution is 5.93. The summed E-state index contributed by atoms with van der Waals surface area (Å²) in [6, 6.07) is 9.92. The number of anilines is 1. The zero-order valence-electron chi connectivity index (χ0n) is 15.4. The highest BCUT2D eigenvalue weighted by atomic mass is 16.1. The van der Waals surface area contributed by atoms with Crippen molar-refractivity contribution in [3.05, 3.63) is 53.3 Å². The second kappa shape index (κ2) is 7.78. The Morgan fingerprint density at radius 2 is 1.89 bits per heavy atom. The number of hydrogen-bond acceptors (Lipinski definition) is 4. The Kier molecular flexibility index (Phi) is 5.05. The number of nitrogens with zero attached hydrogens (tertiary/aromatic N) is 2. The summed E-state index contributed by atoms with van der Waals surface area (Å²) in [5, 5.41) is 12.4. The number of aromatic amines is 1. The zero-order chi connectivity index (χ0) is 18.6. The van der Waals surface area contributed by atoms with Crippen LogP contribution in [0, 0.1) is 0 Å². The number of pyridine rings is 1. The monoisotopic (exact) mass is 363 g/mol. The normalized spacial score (nSPS) is 15.1. The molecule has 1 amide bonds. The van der Waals surface area contributed by atoms with E-state index in [1.54, 1.807) is 12.1 Å². The van der Waals surface area contributed by atoms with Crippen molar-refractivity contribution in [3.8, 4) is 0 Å². The topological polar surface area (TPSA) is 96.7 Å². The van der Waals surface area contributed by atoms with Gasteiger partial charge in [0.25, 0.3) is 0 Å². The molecular weight excluding hydrogens is 338 g/mol. The van der Waals surface area contributed by atoms with Crippen LogP contribution in [0.4, 0.5) is 5.82 Å². The predicted octanol–water partition coefficient (Wildman–Crippen LogP) is 3.59. The molecule has 1 aromatic carbocycles. The lowest BCUT2D eigenvalue weighted by atomic mass is 9.95. The number of carbonyl (C=O) groups is 1. The van der Waals surface area contributed by atoms with Gasteiger partial charge in [-0.05, 0) is 49.4 Å². The minimum Gasteiger partial charge on any atom is -0.367 e. The molecule has 6 nitrogen and oxygen atoms in total. The molecule has 1 aliphatic carbocycles. The largest absolute Gasteiger partial charge is 0.367 e. The first-order valence-electron chi connectivity index (χ1n) is 9.68. The van der Waals surface area contributed by atoms with E-state index in [-0.39, 0.29) is 0 Å². The van der Waals surface area contributed by atoms with Crippen molar-refractivity contribution in [3.63, 3.8) is 0 Å². The van der Waals surface area contributed by atoms with Crippen molar-refractivity contribution in [2.45, 2.75) is 51.0 Å². The SMILES string of the molecule is NC(=O)c1ccc(CCc2[nH]nc3ccnc(NC4CCCCC4)c23)cc1. The lowest BCUT2D eigenvalue weighted by molar-refractivity contribution is 0.100. The molecule has 0 radical (unpaired) electrons. The molecule has 0 aliphatic heterocycles. The van der Waals surface area contributed by atoms with E-state index in [2.05, 4.69) is 20.5 Å². The quantitative estimate of drug-likeness (QED) is 0.623. The van der Waals surface area contributed by atoms with Crippen LogP contribution in [0.2, 0.25) is 0 Å². The summed E-state index contributed by atoms with van der Waals surface area (Å²) < 4.78 is 0. The minimum atomic E-state index is -0.398. The number of carbonyl (C=O) groups excluding carboxylic acids is 1. The molecule has 4 rings (SSSR count). The van der Waals surface area contributed by atoms with Crippen molar-refractivity contribution in [1.29, 1.82) is 0 Å². The Bertz CT molecular complexity index is 925. The molecule has 6 heteroatoms. The van der Waals surface area contributed by atoms with Crippen molar-refractivity contribution in [2.75, 3.05) is 5.32 Å². The molecular formula is C21H25N5O. The second-order valence-corrected chi connectivity index (χ2v) is 7.30. The number of nitrogens with one attached hydrogen (secondary N) is 2. The van der Waals surface area contributed by atoms with Gasteiger partial charge in [0.05, 0.1) is 10.9 Å². The molecule has 0 spiro atoms. The van der Waals surface area contributed by atoms with E-state index in [4.69, 9.17) is 5.73 Å². The Labute approximate surface area is 158 Å². The molecule has 0 atom stereocenters. The van der Waals surface area contributed by atoms with Crippen molar-refractivity contribution in [2.24, 2.45) is 5.73 Å². The smallest absolute Gasteiger partial charge is 0.248 e. The van der Waals surface area contributed by atoms with E-state index >= 15 is 0 Å². The molecule has 2 heterocycles. The van der Waals surface area contributed by atoms with Crippen LogP contribution >= 0.6 is 0 Å². The van der Waals surface area contributed by atoms with Gasteiger partial charge in [0.1, 0.15) is 5.82 Å². The number of benzene rings is 1. The molecule has 0 saturated heterocycles. The number of nitrogens with two attached hydrogens (primary N) is 1. The fraction of sp³-hybridized carbons (Fsp3) is 0.381. The minimum absolute atomic E-state index is 0.398. The molecule has 4 N–H and O–H groups in total. The van der Waals surface area contributed by atoms with E-state index in [0.29, 0.717) is 11.6 Å². The highest BCUT2D eigenvalue weighted by Gasteiger charge is 2.17. The number of amides is 1. The third-order valence-corrected chi connectivity index (χ3v) is 5.39. The number of H-pyrrole nitrogens is 1. The van der Waals surface area contributed by atoms with Crippen LogP contribution in [0.25, 0.3) is 10.9 Å². The van der Waals surface area contributed by atoms with E-state index < -0.39 is 5.91 Å². The third kappa shape index (κ3) is 3.94. The van der Waals surface area contributed by atoms with Gasteiger partial charge >= 0.3 is 0 Å². The van der Waals surface area contributed by atoms with E-state index in [1.807, 2.05) is 24.4 Å². The fourth-order valence-electron chi connectivity index (χ4n) is 3.86. The number of aromatic nitrogens is 3. The molecule has 27 heavy (non-hydrogen) atoms. The van der Waals surface area contributed by atoms with Gasteiger partial charge in [-0.3, -0.25) is 9.89 Å². The maximum atomic E-state index is 11.2. The first kappa shape index (κ1) is 17.5. The molecule has 140 valence electrons. The van der Waals surface area contributed by atoms with Crippen LogP contribution in [-0.4, -0.2) is 27.1 Å². The summed E-state index contributed by atoms with van der Waals surface area (Å²) in [6.45, 7) is 0. The van der Waals surface area contributed by atoms with Gasteiger partial charge in [-0.15, -0.1) is 0 Å². The van der Waals surface area contributed by atoms with Gasteiger partial charge in [0, 0.05) is 23.5 Å². The fourth-order valence-corrected chi connectivity index (χ4v) is 3.86. The summed E-state index contributed by atoms with van der Waals surface area (Å²) >= 11 is 0. The van der Waals surface area contributed by atoms with Crippen LogP contribution in [0.1, 0.15) is 53.7 Å². The summed E-state index contributed by atoms with van der Waals surface area (Å²) in [4.78, 5) is 15.8. The lowest BCUT2D eigenvalue weighted by Crippen LogP contribution is -2.23. The van der Waals surface area contributed by atoms with E-state index in [0.717, 1.165) is 40.8 Å². The standard InChI is InChI=1S/C21H25N5O/c22-20(27)15-9-6-14(7-10-15)8-11-17-19-18(26-25-17)12-13-23-21(19)24-16-4-2-1-3-5-16/h6-7,9-10,12-13,16H,1-5,8,11H2,(H2,22,27)(H,23,24)(H,25,26). The average Bonchev–Trinajstić information content (AvgIpc) is 3.12. The van der Waals surface area contributed by atoms with Crippen LogP contribution in [0.5, 0.6) is 0 Å². The van der Waals surface area contributed by atoms with Gasteiger partial charge in [-0.2, -0.15) is 5.10 Å². The maximum Gasteiger partial charge on any atom is 0.248 e. The maximum absolute atomic E-state index is 11.2. The summed E-state index contributed by atoms with van der Waals surface area (Å²) in [5.41, 5.74) is 9.04. The van der Waals surface area contributed by atoms with Crippen LogP contribution in [0.3, 0.4) is 0 Å². The van der Waals surface area contributed by atoms with Crippen LogP contribution in [-0.2, 0) is 12.8 Å². The van der Waals surface area contributed by atoms with Gasteiger partial charge in [0.2, 0.25) is 5.91 Å². The molecule has 2 aromatic heterocycles. The first-order valence-corrected chi connectivity index (χ1v) is 9.68. The number of primary amides is 1. The number of aryl methyl sites for hydroxylation is 2. The summed E-state index contributed by atoms with van der Waals surface area (Å²) in [6.07, 6.45) is 9.82. The van der Waals surface area contributed by atoms with Gasteiger partial charge in [0.15, 0.2) is 0 Å². The molecule has 1 aliphatic rings. The van der Waals surface area contributed by atoms with Crippen molar-refractivity contribution >= 4 is 22.6 Å². The molecule has 3 aromatic rings. The molecule has 0 unspecified atom stereocenters. The zero-order valence-corrected chi connectivity index (χ0v) is 15.4. The number of hydrogen-bond donors (Lipinski definition) is 3. The average molecular weight is 363 g/mol. The molecule has 0 bridgehead atoms. The van der Waals surface area contributed by atoms with E-state index in [1.165, 1.54) is 32.1 Å². The second-order valence-electron chi connectivity index (χ2n) is 7.30. The van der Waals surface area contributed by atoms with Gasteiger partial charge in [-0.1, -0.05) is 31.4 Å². The predicted molar refractivity (Wildman–Crippen MR) is 107 cm³/mol.